The normalized spacial score (nSPS) is 17.1. The van der Waals surface area contributed by atoms with Crippen LogP contribution in [0.2, 0.25) is 0 Å². The molecule has 19 heavy (non-hydrogen) atoms. The van der Waals surface area contributed by atoms with E-state index in [9.17, 15) is 4.79 Å². The fourth-order valence-corrected chi connectivity index (χ4v) is 2.71. The standard InChI is InChI=1S/C15H30N2O2/c1-13(2)8-9-16-15(19)12-17(10-11-18)14-6-4-3-5-7-14/h13-14,18H,3-12H2,1-2H3,(H,16,19). The summed E-state index contributed by atoms with van der Waals surface area (Å²) in [4.78, 5) is 14.1. The maximum Gasteiger partial charge on any atom is 0.234 e. The number of nitrogens with one attached hydrogen (secondary N) is 1. The molecule has 0 unspecified atom stereocenters. The van der Waals surface area contributed by atoms with Gasteiger partial charge >= 0.3 is 0 Å². The SMILES string of the molecule is CC(C)CCNC(=O)CN(CCO)C1CCCCC1. The summed E-state index contributed by atoms with van der Waals surface area (Å²) in [5.41, 5.74) is 0. The van der Waals surface area contributed by atoms with Gasteiger partial charge in [-0.2, -0.15) is 0 Å². The van der Waals surface area contributed by atoms with Crippen molar-refractivity contribution in [2.24, 2.45) is 5.92 Å². The minimum absolute atomic E-state index is 0.0969. The molecule has 0 radical (unpaired) electrons. The van der Waals surface area contributed by atoms with Crippen LogP contribution in [0.15, 0.2) is 0 Å². The molecule has 1 amide bonds. The Bertz CT molecular complexity index is 251. The molecule has 4 heteroatoms. The predicted octanol–water partition coefficient (Wildman–Crippen LogP) is 1.78. The van der Waals surface area contributed by atoms with E-state index in [1.54, 1.807) is 0 Å². The van der Waals surface area contributed by atoms with Crippen LogP contribution in [0.3, 0.4) is 0 Å². The quantitative estimate of drug-likeness (QED) is 0.707. The summed E-state index contributed by atoms with van der Waals surface area (Å²) < 4.78 is 0. The third kappa shape index (κ3) is 6.92. The van der Waals surface area contributed by atoms with Crippen molar-refractivity contribution in [3.8, 4) is 0 Å². The fourth-order valence-electron chi connectivity index (χ4n) is 2.71. The molecule has 1 saturated carbocycles. The van der Waals surface area contributed by atoms with Gasteiger partial charge in [-0.15, -0.1) is 0 Å². The summed E-state index contributed by atoms with van der Waals surface area (Å²) >= 11 is 0. The second-order valence-corrected chi connectivity index (χ2v) is 6.02. The Labute approximate surface area is 117 Å². The third-order valence-corrected chi connectivity index (χ3v) is 3.87. The molecular formula is C15H30N2O2. The summed E-state index contributed by atoms with van der Waals surface area (Å²) in [5.74, 6) is 0.715. The number of carbonyl (C=O) groups is 1. The summed E-state index contributed by atoms with van der Waals surface area (Å²) in [7, 11) is 0. The highest BCUT2D eigenvalue weighted by atomic mass is 16.3. The van der Waals surface area contributed by atoms with E-state index in [0.29, 0.717) is 25.0 Å². The predicted molar refractivity (Wildman–Crippen MR) is 78.0 cm³/mol. The lowest BCUT2D eigenvalue weighted by molar-refractivity contribution is -0.123. The van der Waals surface area contributed by atoms with Crippen LogP contribution in [-0.2, 0) is 4.79 Å². The van der Waals surface area contributed by atoms with E-state index in [-0.39, 0.29) is 12.5 Å². The van der Waals surface area contributed by atoms with Crippen molar-refractivity contribution in [3.63, 3.8) is 0 Å². The highest BCUT2D eigenvalue weighted by molar-refractivity contribution is 5.78. The summed E-state index contributed by atoms with van der Waals surface area (Å²) in [5, 5.41) is 12.1. The van der Waals surface area contributed by atoms with Gasteiger partial charge in [0.1, 0.15) is 0 Å². The van der Waals surface area contributed by atoms with Crippen LogP contribution >= 0.6 is 0 Å². The highest BCUT2D eigenvalue weighted by Crippen LogP contribution is 2.22. The Morgan fingerprint density at radius 3 is 2.58 bits per heavy atom. The van der Waals surface area contributed by atoms with Crippen LogP contribution in [-0.4, -0.2) is 48.2 Å². The molecule has 112 valence electrons. The molecule has 0 aromatic heterocycles. The first-order chi connectivity index (χ1) is 9.13. The summed E-state index contributed by atoms with van der Waals surface area (Å²) in [6.07, 6.45) is 7.17. The number of aliphatic hydroxyl groups excluding tert-OH is 1. The van der Waals surface area contributed by atoms with Crippen LogP contribution in [0.4, 0.5) is 0 Å². The fraction of sp³-hybridized carbons (Fsp3) is 0.933. The Morgan fingerprint density at radius 2 is 2.00 bits per heavy atom. The largest absolute Gasteiger partial charge is 0.395 e. The highest BCUT2D eigenvalue weighted by Gasteiger charge is 2.22. The van der Waals surface area contributed by atoms with Gasteiger partial charge in [0.25, 0.3) is 0 Å². The van der Waals surface area contributed by atoms with E-state index in [4.69, 9.17) is 5.11 Å². The van der Waals surface area contributed by atoms with Gasteiger partial charge in [0.15, 0.2) is 0 Å². The lowest BCUT2D eigenvalue weighted by Gasteiger charge is -2.33. The molecule has 0 heterocycles. The zero-order valence-corrected chi connectivity index (χ0v) is 12.5. The summed E-state index contributed by atoms with van der Waals surface area (Å²) in [6.45, 7) is 6.26. The van der Waals surface area contributed by atoms with Crippen molar-refractivity contribution in [1.29, 1.82) is 0 Å². The Kier molecular flexibility index (Phi) is 8.07. The molecule has 0 atom stereocenters. The van der Waals surface area contributed by atoms with E-state index in [1.165, 1.54) is 32.1 Å². The van der Waals surface area contributed by atoms with E-state index in [1.807, 2.05) is 0 Å². The van der Waals surface area contributed by atoms with Gasteiger partial charge < -0.3 is 10.4 Å². The Balaban J connectivity index is 2.32. The van der Waals surface area contributed by atoms with E-state index >= 15 is 0 Å². The first kappa shape index (κ1) is 16.4. The zero-order valence-electron chi connectivity index (χ0n) is 12.5. The first-order valence-electron chi connectivity index (χ1n) is 7.75. The molecule has 4 nitrogen and oxygen atoms in total. The second kappa shape index (κ2) is 9.32. The van der Waals surface area contributed by atoms with Gasteiger partial charge in [0.2, 0.25) is 5.91 Å². The van der Waals surface area contributed by atoms with Crippen molar-refractivity contribution >= 4 is 5.91 Å². The number of hydrogen-bond donors (Lipinski definition) is 2. The lowest BCUT2D eigenvalue weighted by atomic mass is 9.94. The molecule has 0 aliphatic heterocycles. The molecule has 0 aromatic rings. The van der Waals surface area contributed by atoms with Gasteiger partial charge in [0, 0.05) is 19.1 Å². The average Bonchev–Trinajstić information content (AvgIpc) is 2.39. The van der Waals surface area contributed by atoms with Crippen molar-refractivity contribution in [1.82, 2.24) is 10.2 Å². The first-order valence-corrected chi connectivity index (χ1v) is 7.75. The molecule has 1 aliphatic carbocycles. The van der Waals surface area contributed by atoms with Crippen LogP contribution < -0.4 is 5.32 Å². The van der Waals surface area contributed by atoms with Crippen LogP contribution in [0.5, 0.6) is 0 Å². The number of nitrogens with zero attached hydrogens (tertiary/aromatic N) is 1. The van der Waals surface area contributed by atoms with E-state index < -0.39 is 0 Å². The van der Waals surface area contributed by atoms with Crippen LogP contribution in [0.25, 0.3) is 0 Å². The Hall–Kier alpha value is -0.610. The van der Waals surface area contributed by atoms with E-state index in [2.05, 4.69) is 24.1 Å². The monoisotopic (exact) mass is 270 g/mol. The number of amides is 1. The van der Waals surface area contributed by atoms with Gasteiger partial charge in [-0.05, 0) is 25.2 Å². The van der Waals surface area contributed by atoms with Crippen molar-refractivity contribution in [2.45, 2.75) is 58.4 Å². The number of hydrogen-bond acceptors (Lipinski definition) is 3. The zero-order chi connectivity index (χ0) is 14.1. The molecule has 0 saturated heterocycles. The van der Waals surface area contributed by atoms with Gasteiger partial charge in [0.05, 0.1) is 13.2 Å². The molecule has 2 N–H and O–H groups in total. The molecule has 0 spiro atoms. The second-order valence-electron chi connectivity index (χ2n) is 6.02. The number of carbonyl (C=O) groups excluding carboxylic acids is 1. The van der Waals surface area contributed by atoms with Crippen molar-refractivity contribution < 1.29 is 9.90 Å². The maximum absolute atomic E-state index is 11.9. The van der Waals surface area contributed by atoms with Crippen LogP contribution in [0.1, 0.15) is 52.4 Å². The third-order valence-electron chi connectivity index (χ3n) is 3.87. The van der Waals surface area contributed by atoms with Gasteiger partial charge in [-0.3, -0.25) is 9.69 Å². The van der Waals surface area contributed by atoms with Crippen molar-refractivity contribution in [3.05, 3.63) is 0 Å². The Morgan fingerprint density at radius 1 is 1.32 bits per heavy atom. The molecule has 0 aromatic carbocycles. The van der Waals surface area contributed by atoms with Gasteiger partial charge in [-0.1, -0.05) is 33.1 Å². The summed E-state index contributed by atoms with van der Waals surface area (Å²) in [6, 6.07) is 0.483. The molecule has 1 aliphatic rings. The minimum atomic E-state index is 0.0969. The number of aliphatic hydroxyl groups is 1. The average molecular weight is 270 g/mol. The number of rotatable bonds is 8. The molecular weight excluding hydrogens is 240 g/mol. The van der Waals surface area contributed by atoms with Crippen LogP contribution in [0, 0.1) is 5.92 Å². The molecule has 0 bridgehead atoms. The topological polar surface area (TPSA) is 52.6 Å². The van der Waals surface area contributed by atoms with Gasteiger partial charge in [-0.25, -0.2) is 0 Å². The smallest absolute Gasteiger partial charge is 0.234 e. The lowest BCUT2D eigenvalue weighted by Crippen LogP contribution is -2.45. The van der Waals surface area contributed by atoms with E-state index in [0.717, 1.165) is 13.0 Å². The molecule has 1 fully saturated rings. The maximum atomic E-state index is 11.9. The molecule has 1 rings (SSSR count). The van der Waals surface area contributed by atoms with Crippen molar-refractivity contribution in [2.75, 3.05) is 26.2 Å². The minimum Gasteiger partial charge on any atom is -0.395 e.